The van der Waals surface area contributed by atoms with Crippen molar-refractivity contribution in [1.82, 2.24) is 0 Å². The van der Waals surface area contributed by atoms with Gasteiger partial charge in [-0.15, -0.1) is 0 Å². The van der Waals surface area contributed by atoms with Gasteiger partial charge in [0.25, 0.3) is 0 Å². The standard InChI is InChI=1S/C14H19BN2O4/c1-13(2)14(3,4)21-15(20-13)10-5-6-11(12(18)19)9(7-10)8-17-16/h5-7,16H,8H2,1-4H3,(H,18,19). The maximum absolute atomic E-state index is 11.2. The minimum Gasteiger partial charge on any atom is -0.478 e. The zero-order valence-corrected chi connectivity index (χ0v) is 12.6. The Morgan fingerprint density at radius 3 is 2.33 bits per heavy atom. The highest BCUT2D eigenvalue weighted by molar-refractivity contribution is 6.62. The average molecular weight is 290 g/mol. The van der Waals surface area contributed by atoms with E-state index in [0.29, 0.717) is 5.56 Å². The summed E-state index contributed by atoms with van der Waals surface area (Å²) in [5.41, 5.74) is 7.40. The molecule has 0 aliphatic carbocycles. The number of carbonyl (C=O) groups is 1. The van der Waals surface area contributed by atoms with E-state index in [0.717, 1.165) is 5.46 Å². The SMILES string of the molecule is CC1(C)OB(c2ccc(C(=O)O)c(CN=N)c2)OC1(C)C. The molecule has 0 unspecified atom stereocenters. The summed E-state index contributed by atoms with van der Waals surface area (Å²) in [5, 5.41) is 12.4. The molecule has 1 fully saturated rings. The van der Waals surface area contributed by atoms with Crippen molar-refractivity contribution in [2.45, 2.75) is 45.4 Å². The molecule has 1 aliphatic rings. The van der Waals surface area contributed by atoms with Crippen LogP contribution in [-0.2, 0) is 15.9 Å². The van der Waals surface area contributed by atoms with Gasteiger partial charge in [0.15, 0.2) is 0 Å². The van der Waals surface area contributed by atoms with E-state index in [-0.39, 0.29) is 12.1 Å². The average Bonchev–Trinajstić information content (AvgIpc) is 2.58. The molecular weight excluding hydrogens is 271 g/mol. The molecule has 21 heavy (non-hydrogen) atoms. The van der Waals surface area contributed by atoms with Gasteiger partial charge < -0.3 is 14.4 Å². The first-order valence-corrected chi connectivity index (χ1v) is 6.73. The molecule has 1 aliphatic heterocycles. The minimum absolute atomic E-state index is 0.0228. The van der Waals surface area contributed by atoms with E-state index in [4.69, 9.17) is 19.9 Å². The van der Waals surface area contributed by atoms with E-state index < -0.39 is 24.3 Å². The molecular formula is C14H19BN2O4. The first kappa shape index (κ1) is 15.7. The van der Waals surface area contributed by atoms with Crippen LogP contribution in [0, 0.1) is 5.53 Å². The fourth-order valence-corrected chi connectivity index (χ4v) is 2.16. The van der Waals surface area contributed by atoms with Crippen molar-refractivity contribution in [1.29, 1.82) is 5.53 Å². The van der Waals surface area contributed by atoms with Crippen molar-refractivity contribution < 1.29 is 19.2 Å². The van der Waals surface area contributed by atoms with E-state index in [1.165, 1.54) is 6.07 Å². The molecule has 1 saturated heterocycles. The number of carboxylic acid groups (broad SMARTS) is 1. The Bertz CT molecular complexity index is 570. The maximum Gasteiger partial charge on any atom is 0.494 e. The molecule has 1 aromatic rings. The second-order valence-electron chi connectivity index (χ2n) is 6.13. The summed E-state index contributed by atoms with van der Waals surface area (Å²) < 4.78 is 11.9. The van der Waals surface area contributed by atoms with Gasteiger partial charge in [0.05, 0.1) is 23.3 Å². The van der Waals surface area contributed by atoms with Crippen molar-refractivity contribution in [3.05, 3.63) is 29.3 Å². The van der Waals surface area contributed by atoms with Crippen molar-refractivity contribution in [3.63, 3.8) is 0 Å². The van der Waals surface area contributed by atoms with Crippen LogP contribution in [-0.4, -0.2) is 29.4 Å². The minimum atomic E-state index is -1.03. The summed E-state index contributed by atoms with van der Waals surface area (Å²) in [6.45, 7) is 7.85. The summed E-state index contributed by atoms with van der Waals surface area (Å²) in [6.07, 6.45) is 0. The van der Waals surface area contributed by atoms with E-state index in [2.05, 4.69) is 5.11 Å². The van der Waals surface area contributed by atoms with Gasteiger partial charge in [-0.25, -0.2) is 10.3 Å². The summed E-state index contributed by atoms with van der Waals surface area (Å²) in [6, 6.07) is 4.87. The zero-order chi connectivity index (χ0) is 15.8. The van der Waals surface area contributed by atoms with Crippen LogP contribution < -0.4 is 5.46 Å². The van der Waals surface area contributed by atoms with E-state index in [1.54, 1.807) is 12.1 Å². The largest absolute Gasteiger partial charge is 0.494 e. The predicted molar refractivity (Wildman–Crippen MR) is 78.0 cm³/mol. The molecule has 0 atom stereocenters. The van der Waals surface area contributed by atoms with Crippen LogP contribution in [0.15, 0.2) is 23.3 Å². The van der Waals surface area contributed by atoms with Gasteiger partial charge in [-0.3, -0.25) is 0 Å². The second-order valence-corrected chi connectivity index (χ2v) is 6.13. The lowest BCUT2D eigenvalue weighted by Crippen LogP contribution is -2.41. The van der Waals surface area contributed by atoms with Crippen molar-refractivity contribution in [3.8, 4) is 0 Å². The molecule has 0 saturated carbocycles. The Hall–Kier alpha value is -1.73. The number of rotatable bonds is 4. The van der Waals surface area contributed by atoms with Crippen molar-refractivity contribution in [2.24, 2.45) is 5.11 Å². The Morgan fingerprint density at radius 1 is 1.29 bits per heavy atom. The van der Waals surface area contributed by atoms with Gasteiger partial charge in [0.1, 0.15) is 0 Å². The first-order valence-electron chi connectivity index (χ1n) is 6.73. The molecule has 112 valence electrons. The molecule has 6 nitrogen and oxygen atoms in total. The molecule has 1 aromatic carbocycles. The third-order valence-corrected chi connectivity index (χ3v) is 4.13. The normalized spacial score (nSPS) is 19.5. The van der Waals surface area contributed by atoms with E-state index in [1.807, 2.05) is 27.7 Å². The molecule has 7 heteroatoms. The quantitative estimate of drug-likeness (QED) is 0.657. The van der Waals surface area contributed by atoms with Gasteiger partial charge in [0, 0.05) is 0 Å². The monoisotopic (exact) mass is 290 g/mol. The molecule has 2 N–H and O–H groups in total. The highest BCUT2D eigenvalue weighted by Crippen LogP contribution is 2.36. The maximum atomic E-state index is 11.2. The van der Waals surface area contributed by atoms with Gasteiger partial charge >= 0.3 is 13.1 Å². The van der Waals surface area contributed by atoms with Gasteiger partial charge in [-0.2, -0.15) is 5.11 Å². The lowest BCUT2D eigenvalue weighted by molar-refractivity contribution is 0.00578. The first-order chi connectivity index (χ1) is 9.68. The Balaban J connectivity index is 2.36. The molecule has 0 spiro atoms. The Labute approximate surface area is 124 Å². The van der Waals surface area contributed by atoms with Crippen LogP contribution in [0.1, 0.15) is 43.6 Å². The van der Waals surface area contributed by atoms with Gasteiger partial charge in [0.2, 0.25) is 0 Å². The summed E-state index contributed by atoms with van der Waals surface area (Å²) in [7, 11) is -0.553. The number of nitrogens with one attached hydrogen (secondary N) is 1. The summed E-state index contributed by atoms with van der Waals surface area (Å²) >= 11 is 0. The highest BCUT2D eigenvalue weighted by atomic mass is 16.7. The molecule has 0 bridgehead atoms. The predicted octanol–water partition coefficient (Wildman–Crippen LogP) is 2.21. The number of hydrogen-bond acceptors (Lipinski definition) is 5. The zero-order valence-electron chi connectivity index (χ0n) is 12.6. The molecule has 2 rings (SSSR count). The third kappa shape index (κ3) is 2.84. The van der Waals surface area contributed by atoms with Crippen LogP contribution in [0.4, 0.5) is 0 Å². The number of carboxylic acids is 1. The van der Waals surface area contributed by atoms with Crippen LogP contribution >= 0.6 is 0 Å². The van der Waals surface area contributed by atoms with Gasteiger partial charge in [-0.05, 0) is 44.8 Å². The number of hydrogen-bond donors (Lipinski definition) is 2. The summed E-state index contributed by atoms with van der Waals surface area (Å²) in [4.78, 5) is 11.2. The van der Waals surface area contributed by atoms with Gasteiger partial charge in [-0.1, -0.05) is 12.1 Å². The van der Waals surface area contributed by atoms with Crippen molar-refractivity contribution >= 4 is 18.6 Å². The number of benzene rings is 1. The van der Waals surface area contributed by atoms with E-state index >= 15 is 0 Å². The lowest BCUT2D eigenvalue weighted by atomic mass is 9.77. The van der Waals surface area contributed by atoms with Crippen molar-refractivity contribution in [2.75, 3.05) is 0 Å². The Morgan fingerprint density at radius 2 is 1.86 bits per heavy atom. The molecule has 0 amide bonds. The van der Waals surface area contributed by atoms with Crippen LogP contribution in [0.3, 0.4) is 0 Å². The van der Waals surface area contributed by atoms with E-state index in [9.17, 15) is 4.79 Å². The molecule has 0 aromatic heterocycles. The van der Waals surface area contributed by atoms with Crippen LogP contribution in [0.2, 0.25) is 0 Å². The fraction of sp³-hybridized carbons (Fsp3) is 0.500. The Kier molecular flexibility index (Phi) is 3.90. The topological polar surface area (TPSA) is 92.0 Å². The fourth-order valence-electron chi connectivity index (χ4n) is 2.16. The van der Waals surface area contributed by atoms with Crippen LogP contribution in [0.25, 0.3) is 0 Å². The molecule has 0 radical (unpaired) electrons. The third-order valence-electron chi connectivity index (χ3n) is 4.13. The summed E-state index contributed by atoms with van der Waals surface area (Å²) in [5.74, 6) is -1.03. The number of nitrogens with zero attached hydrogens (tertiary/aromatic N) is 1. The smallest absolute Gasteiger partial charge is 0.478 e. The highest BCUT2D eigenvalue weighted by Gasteiger charge is 2.51. The second kappa shape index (κ2) is 5.24. The molecule has 1 heterocycles. The number of aromatic carboxylic acids is 1. The lowest BCUT2D eigenvalue weighted by Gasteiger charge is -2.32. The van der Waals surface area contributed by atoms with Crippen LogP contribution in [0.5, 0.6) is 0 Å².